The molecule has 0 fully saturated rings. The van der Waals surface area contributed by atoms with E-state index in [1.807, 2.05) is 19.2 Å². The van der Waals surface area contributed by atoms with Crippen LogP contribution in [0.3, 0.4) is 0 Å². The Balaban J connectivity index is 2.14. The first-order valence-corrected chi connectivity index (χ1v) is 4.36. The standard InChI is InChI=1S/C9H13N3/c1-8-4-7-12(11-8)9-2-5-10-6-3-9/h4-5,7,9H,2-3,6H2,1H3. The predicted octanol–water partition coefficient (Wildman–Crippen LogP) is 1.60. The molecule has 1 aliphatic heterocycles. The molecule has 0 saturated carbocycles. The van der Waals surface area contributed by atoms with Gasteiger partial charge in [-0.1, -0.05) is 0 Å². The fraction of sp³-hybridized carbons (Fsp3) is 0.556. The quantitative estimate of drug-likeness (QED) is 0.618. The van der Waals surface area contributed by atoms with Gasteiger partial charge in [-0.3, -0.25) is 9.67 Å². The monoisotopic (exact) mass is 163 g/mol. The van der Waals surface area contributed by atoms with Gasteiger partial charge in [0.2, 0.25) is 0 Å². The fourth-order valence-electron chi connectivity index (χ4n) is 1.51. The molecule has 0 spiro atoms. The summed E-state index contributed by atoms with van der Waals surface area (Å²) in [7, 11) is 0. The van der Waals surface area contributed by atoms with E-state index >= 15 is 0 Å². The van der Waals surface area contributed by atoms with E-state index in [0.29, 0.717) is 6.04 Å². The molecule has 0 aromatic carbocycles. The first-order chi connectivity index (χ1) is 5.86. The highest BCUT2D eigenvalue weighted by Gasteiger charge is 2.12. The lowest BCUT2D eigenvalue weighted by molar-refractivity contribution is 0.433. The summed E-state index contributed by atoms with van der Waals surface area (Å²) < 4.78 is 2.06. The van der Waals surface area contributed by atoms with Crippen molar-refractivity contribution in [3.05, 3.63) is 18.0 Å². The van der Waals surface area contributed by atoms with Gasteiger partial charge in [0.1, 0.15) is 0 Å². The van der Waals surface area contributed by atoms with Gasteiger partial charge in [0.25, 0.3) is 0 Å². The van der Waals surface area contributed by atoms with Crippen LogP contribution in [0.15, 0.2) is 17.3 Å². The molecule has 3 heteroatoms. The average Bonchev–Trinajstić information content (AvgIpc) is 2.54. The zero-order valence-electron chi connectivity index (χ0n) is 7.27. The number of hydrogen-bond acceptors (Lipinski definition) is 2. The highest BCUT2D eigenvalue weighted by atomic mass is 15.3. The molecule has 1 atom stereocenters. The van der Waals surface area contributed by atoms with Gasteiger partial charge in [0, 0.05) is 25.4 Å². The third-order valence-corrected chi connectivity index (χ3v) is 2.21. The van der Waals surface area contributed by atoms with Gasteiger partial charge in [-0.15, -0.1) is 0 Å². The Morgan fingerprint density at radius 3 is 3.08 bits per heavy atom. The zero-order valence-corrected chi connectivity index (χ0v) is 7.27. The van der Waals surface area contributed by atoms with Gasteiger partial charge in [-0.05, 0) is 19.4 Å². The van der Waals surface area contributed by atoms with Crippen molar-refractivity contribution in [1.29, 1.82) is 0 Å². The Kier molecular flexibility index (Phi) is 1.94. The lowest BCUT2D eigenvalue weighted by Gasteiger charge is -2.17. The molecule has 0 saturated heterocycles. The van der Waals surface area contributed by atoms with Crippen LogP contribution in [0.4, 0.5) is 0 Å². The number of rotatable bonds is 1. The van der Waals surface area contributed by atoms with Crippen LogP contribution in [-0.2, 0) is 0 Å². The highest BCUT2D eigenvalue weighted by Crippen LogP contribution is 2.17. The van der Waals surface area contributed by atoms with Gasteiger partial charge in [-0.2, -0.15) is 5.10 Å². The first kappa shape index (κ1) is 7.53. The second-order valence-electron chi connectivity index (χ2n) is 3.20. The molecule has 1 aliphatic rings. The second-order valence-corrected chi connectivity index (χ2v) is 3.20. The summed E-state index contributed by atoms with van der Waals surface area (Å²) in [6, 6.07) is 2.59. The van der Waals surface area contributed by atoms with Gasteiger partial charge < -0.3 is 0 Å². The molecular formula is C9H13N3. The minimum absolute atomic E-state index is 0.538. The Labute approximate surface area is 72.1 Å². The summed E-state index contributed by atoms with van der Waals surface area (Å²) in [5.41, 5.74) is 1.09. The summed E-state index contributed by atoms with van der Waals surface area (Å²) >= 11 is 0. The van der Waals surface area contributed by atoms with Crippen molar-refractivity contribution in [1.82, 2.24) is 9.78 Å². The van der Waals surface area contributed by atoms with Crippen LogP contribution in [0.1, 0.15) is 24.6 Å². The summed E-state index contributed by atoms with van der Waals surface area (Å²) in [5, 5.41) is 4.39. The molecule has 2 rings (SSSR count). The zero-order chi connectivity index (χ0) is 8.39. The number of aryl methyl sites for hydroxylation is 1. The normalized spacial score (nSPS) is 22.9. The lowest BCUT2D eigenvalue weighted by Crippen LogP contribution is -2.14. The van der Waals surface area contributed by atoms with Gasteiger partial charge >= 0.3 is 0 Å². The van der Waals surface area contributed by atoms with Crippen molar-refractivity contribution in [2.24, 2.45) is 4.99 Å². The second kappa shape index (κ2) is 3.09. The lowest BCUT2D eigenvalue weighted by atomic mass is 10.1. The minimum Gasteiger partial charge on any atom is -0.297 e. The van der Waals surface area contributed by atoms with Gasteiger partial charge in [0.15, 0.2) is 0 Å². The topological polar surface area (TPSA) is 30.2 Å². The third kappa shape index (κ3) is 1.40. The fourth-order valence-corrected chi connectivity index (χ4v) is 1.51. The maximum atomic E-state index is 4.39. The Hall–Kier alpha value is -1.12. The van der Waals surface area contributed by atoms with Gasteiger partial charge in [-0.25, -0.2) is 0 Å². The van der Waals surface area contributed by atoms with Crippen molar-refractivity contribution in [2.45, 2.75) is 25.8 Å². The average molecular weight is 163 g/mol. The maximum absolute atomic E-state index is 4.39. The Morgan fingerprint density at radius 1 is 1.58 bits per heavy atom. The molecule has 64 valence electrons. The van der Waals surface area contributed by atoms with Crippen molar-refractivity contribution >= 4 is 6.21 Å². The molecule has 0 bridgehead atoms. The van der Waals surface area contributed by atoms with E-state index in [2.05, 4.69) is 21.0 Å². The molecule has 1 aromatic heterocycles. The van der Waals surface area contributed by atoms with Crippen LogP contribution >= 0.6 is 0 Å². The minimum atomic E-state index is 0.538. The third-order valence-electron chi connectivity index (χ3n) is 2.21. The van der Waals surface area contributed by atoms with Crippen LogP contribution < -0.4 is 0 Å². The number of hydrogen-bond donors (Lipinski definition) is 0. The van der Waals surface area contributed by atoms with Crippen LogP contribution in [0.2, 0.25) is 0 Å². The van der Waals surface area contributed by atoms with E-state index < -0.39 is 0 Å². The Bertz CT molecular complexity index is 288. The number of nitrogens with zero attached hydrogens (tertiary/aromatic N) is 3. The first-order valence-electron chi connectivity index (χ1n) is 4.36. The van der Waals surface area contributed by atoms with Crippen molar-refractivity contribution < 1.29 is 0 Å². The predicted molar refractivity (Wildman–Crippen MR) is 48.6 cm³/mol. The summed E-state index contributed by atoms with van der Waals surface area (Å²) in [4.78, 5) is 4.19. The van der Waals surface area contributed by atoms with Crippen LogP contribution in [-0.4, -0.2) is 22.5 Å². The molecule has 0 amide bonds. The molecule has 0 radical (unpaired) electrons. The largest absolute Gasteiger partial charge is 0.297 e. The van der Waals surface area contributed by atoms with E-state index in [1.54, 1.807) is 0 Å². The molecule has 1 unspecified atom stereocenters. The Morgan fingerprint density at radius 2 is 2.50 bits per heavy atom. The van der Waals surface area contributed by atoms with Crippen molar-refractivity contribution in [2.75, 3.05) is 6.54 Å². The van der Waals surface area contributed by atoms with Crippen molar-refractivity contribution in [3.8, 4) is 0 Å². The number of aromatic nitrogens is 2. The smallest absolute Gasteiger partial charge is 0.0593 e. The maximum Gasteiger partial charge on any atom is 0.0593 e. The molecule has 12 heavy (non-hydrogen) atoms. The van der Waals surface area contributed by atoms with Crippen molar-refractivity contribution in [3.63, 3.8) is 0 Å². The van der Waals surface area contributed by atoms with E-state index in [-0.39, 0.29) is 0 Å². The van der Waals surface area contributed by atoms with E-state index in [0.717, 1.165) is 25.1 Å². The van der Waals surface area contributed by atoms with Crippen LogP contribution in [0.25, 0.3) is 0 Å². The van der Waals surface area contributed by atoms with E-state index in [4.69, 9.17) is 0 Å². The molecule has 0 N–H and O–H groups in total. The highest BCUT2D eigenvalue weighted by molar-refractivity contribution is 5.58. The molecule has 0 aliphatic carbocycles. The van der Waals surface area contributed by atoms with Crippen LogP contribution in [0, 0.1) is 6.92 Å². The summed E-state index contributed by atoms with van der Waals surface area (Å²) in [6.45, 7) is 2.97. The molecule has 1 aromatic rings. The van der Waals surface area contributed by atoms with Crippen LogP contribution in [0.5, 0.6) is 0 Å². The summed E-state index contributed by atoms with van der Waals surface area (Å²) in [6.07, 6.45) is 6.21. The molecular weight excluding hydrogens is 150 g/mol. The summed E-state index contributed by atoms with van der Waals surface area (Å²) in [5.74, 6) is 0. The number of aliphatic imine (C=N–C) groups is 1. The SMILES string of the molecule is Cc1ccn(C2CC=NCC2)n1. The molecule has 3 nitrogen and oxygen atoms in total. The van der Waals surface area contributed by atoms with E-state index in [1.165, 1.54) is 0 Å². The van der Waals surface area contributed by atoms with E-state index in [9.17, 15) is 0 Å². The molecule has 2 heterocycles. The van der Waals surface area contributed by atoms with Gasteiger partial charge in [0.05, 0.1) is 11.7 Å².